The molecule has 2 saturated heterocycles. The monoisotopic (exact) mass is 368 g/mol. The van der Waals surface area contributed by atoms with Crippen molar-refractivity contribution in [2.75, 3.05) is 51.2 Å². The molecule has 5 rings (SSSR count). The Morgan fingerprint density at radius 2 is 1.70 bits per heavy atom. The molecule has 1 N–H and O–H groups in total. The quantitative estimate of drug-likeness (QED) is 0.903. The van der Waals surface area contributed by atoms with Gasteiger partial charge in [-0.15, -0.1) is 0 Å². The number of anilines is 1. The van der Waals surface area contributed by atoms with Gasteiger partial charge in [-0.1, -0.05) is 12.8 Å². The van der Waals surface area contributed by atoms with E-state index in [0.29, 0.717) is 5.92 Å². The van der Waals surface area contributed by atoms with E-state index in [9.17, 15) is 0 Å². The van der Waals surface area contributed by atoms with Crippen LogP contribution in [0.4, 0.5) is 5.82 Å². The summed E-state index contributed by atoms with van der Waals surface area (Å²) >= 11 is 0. The van der Waals surface area contributed by atoms with E-state index in [2.05, 4.69) is 32.8 Å². The number of imidazole rings is 1. The predicted octanol–water partition coefficient (Wildman–Crippen LogP) is 2.83. The number of nitrogens with one attached hydrogen (secondary N) is 1. The Hall–Kier alpha value is -1.66. The van der Waals surface area contributed by atoms with Crippen LogP contribution in [0, 0.1) is 0 Å². The molecule has 2 aromatic heterocycles. The predicted molar refractivity (Wildman–Crippen MR) is 109 cm³/mol. The normalized spacial score (nSPS) is 24.3. The fourth-order valence-electron chi connectivity index (χ4n) is 5.19. The van der Waals surface area contributed by atoms with E-state index in [1.54, 1.807) is 0 Å². The van der Waals surface area contributed by atoms with Gasteiger partial charge in [0, 0.05) is 57.4 Å². The number of aromatic amines is 1. The smallest absolute Gasteiger partial charge is 0.156 e. The molecule has 1 aliphatic carbocycles. The van der Waals surface area contributed by atoms with Gasteiger partial charge in [-0.3, -0.25) is 4.90 Å². The Kier molecular flexibility index (Phi) is 4.78. The van der Waals surface area contributed by atoms with E-state index in [1.165, 1.54) is 70.5 Å². The van der Waals surface area contributed by atoms with Crippen LogP contribution in [0.5, 0.6) is 0 Å². The van der Waals surface area contributed by atoms with Crippen molar-refractivity contribution < 1.29 is 0 Å². The van der Waals surface area contributed by atoms with Crippen LogP contribution in [0.15, 0.2) is 12.3 Å². The molecule has 0 aromatic carbocycles. The van der Waals surface area contributed by atoms with Crippen LogP contribution in [0.2, 0.25) is 0 Å². The number of fused-ring (bicyclic) bond motifs is 1. The molecule has 1 saturated carbocycles. The molecule has 4 heterocycles. The molecule has 0 amide bonds. The molecule has 2 aliphatic heterocycles. The van der Waals surface area contributed by atoms with Crippen LogP contribution in [0.1, 0.15) is 50.3 Å². The van der Waals surface area contributed by atoms with Crippen LogP contribution in [-0.4, -0.2) is 77.1 Å². The van der Waals surface area contributed by atoms with Crippen LogP contribution in [-0.2, 0) is 0 Å². The lowest BCUT2D eigenvalue weighted by molar-refractivity contribution is 0.0981. The second kappa shape index (κ2) is 7.40. The van der Waals surface area contributed by atoms with Crippen molar-refractivity contribution in [3.05, 3.63) is 18.1 Å². The van der Waals surface area contributed by atoms with Gasteiger partial charge in [0.15, 0.2) is 5.82 Å². The molecule has 6 heteroatoms. The van der Waals surface area contributed by atoms with Gasteiger partial charge in [0.1, 0.15) is 11.3 Å². The van der Waals surface area contributed by atoms with Crippen molar-refractivity contribution in [1.29, 1.82) is 0 Å². The van der Waals surface area contributed by atoms with Crippen LogP contribution in [0.3, 0.4) is 0 Å². The van der Waals surface area contributed by atoms with Crippen molar-refractivity contribution in [2.45, 2.75) is 50.5 Å². The number of nitrogens with zero attached hydrogens (tertiary/aromatic N) is 5. The number of H-pyrrole nitrogens is 1. The summed E-state index contributed by atoms with van der Waals surface area (Å²) in [6, 6.07) is 2.82. The molecule has 0 unspecified atom stereocenters. The van der Waals surface area contributed by atoms with Crippen LogP contribution < -0.4 is 4.90 Å². The fourth-order valence-corrected chi connectivity index (χ4v) is 5.19. The Labute approximate surface area is 161 Å². The average molecular weight is 369 g/mol. The van der Waals surface area contributed by atoms with Gasteiger partial charge in [-0.05, 0) is 38.8 Å². The molecule has 0 spiro atoms. The van der Waals surface area contributed by atoms with Crippen molar-refractivity contribution in [1.82, 2.24) is 24.8 Å². The molecule has 2 aromatic rings. The zero-order valence-electron chi connectivity index (χ0n) is 16.5. The third-order valence-corrected chi connectivity index (χ3v) is 6.96. The van der Waals surface area contributed by atoms with Gasteiger partial charge in [0.2, 0.25) is 0 Å². The minimum absolute atomic E-state index is 0.619. The molecular formula is C21H32N6. The topological polar surface area (TPSA) is 51.3 Å². The van der Waals surface area contributed by atoms with E-state index in [4.69, 9.17) is 9.97 Å². The Bertz CT molecular complexity index is 764. The zero-order valence-corrected chi connectivity index (χ0v) is 16.5. The van der Waals surface area contributed by atoms with Crippen molar-refractivity contribution in [2.24, 2.45) is 0 Å². The maximum absolute atomic E-state index is 5.01. The summed E-state index contributed by atoms with van der Waals surface area (Å²) < 4.78 is 0. The Morgan fingerprint density at radius 1 is 0.963 bits per heavy atom. The number of hydrogen-bond acceptors (Lipinski definition) is 5. The van der Waals surface area contributed by atoms with Gasteiger partial charge in [-0.25, -0.2) is 9.97 Å². The second-order valence-corrected chi connectivity index (χ2v) is 8.69. The summed E-state index contributed by atoms with van der Waals surface area (Å²) in [4.78, 5) is 21.0. The number of rotatable bonds is 3. The number of piperazine rings is 1. The lowest BCUT2D eigenvalue weighted by Crippen LogP contribution is -2.52. The SMILES string of the molecule is CN1CCN(C2CCN(c3nccc4[nH]c(C5CCCC5)nc34)CC2)CC1. The standard InChI is InChI=1S/C21H32N6/c1-25-12-14-26(15-13-25)17-7-10-27(11-8-17)21-19-18(6-9-22-21)23-20(24-19)16-4-2-3-5-16/h6,9,16-17H,2-5,7-8,10-15H2,1H3,(H,23,24). The van der Waals surface area contributed by atoms with E-state index in [0.717, 1.165) is 36.0 Å². The number of hydrogen-bond donors (Lipinski definition) is 1. The summed E-state index contributed by atoms with van der Waals surface area (Å²) in [5, 5.41) is 0. The van der Waals surface area contributed by atoms with E-state index in [-0.39, 0.29) is 0 Å². The summed E-state index contributed by atoms with van der Waals surface area (Å²) in [6.45, 7) is 7.04. The van der Waals surface area contributed by atoms with E-state index >= 15 is 0 Å². The van der Waals surface area contributed by atoms with Gasteiger partial charge in [-0.2, -0.15) is 0 Å². The minimum atomic E-state index is 0.619. The maximum atomic E-state index is 5.01. The second-order valence-electron chi connectivity index (χ2n) is 8.69. The first-order valence-corrected chi connectivity index (χ1v) is 10.8. The number of piperidine rings is 1. The first kappa shape index (κ1) is 17.4. The van der Waals surface area contributed by atoms with Crippen LogP contribution >= 0.6 is 0 Å². The number of likely N-dealkylation sites (N-methyl/N-ethyl adjacent to an activating group) is 1. The number of pyridine rings is 1. The Balaban J connectivity index is 1.30. The third-order valence-electron chi connectivity index (χ3n) is 6.96. The minimum Gasteiger partial charge on any atom is -0.355 e. The lowest BCUT2D eigenvalue weighted by Gasteiger charge is -2.42. The highest BCUT2D eigenvalue weighted by Crippen LogP contribution is 2.35. The lowest BCUT2D eigenvalue weighted by atomic mass is 10.0. The summed E-state index contributed by atoms with van der Waals surface area (Å²) in [5.74, 6) is 2.89. The van der Waals surface area contributed by atoms with Gasteiger partial charge in [0.05, 0.1) is 5.52 Å². The molecular weight excluding hydrogens is 336 g/mol. The molecule has 0 atom stereocenters. The third kappa shape index (κ3) is 3.45. The largest absolute Gasteiger partial charge is 0.355 e. The highest BCUT2D eigenvalue weighted by Gasteiger charge is 2.28. The molecule has 0 radical (unpaired) electrons. The molecule has 146 valence electrons. The molecule has 6 nitrogen and oxygen atoms in total. The summed E-state index contributed by atoms with van der Waals surface area (Å²) in [5.41, 5.74) is 2.24. The van der Waals surface area contributed by atoms with Gasteiger partial charge < -0.3 is 14.8 Å². The van der Waals surface area contributed by atoms with E-state index < -0.39 is 0 Å². The van der Waals surface area contributed by atoms with Crippen LogP contribution in [0.25, 0.3) is 11.0 Å². The molecule has 27 heavy (non-hydrogen) atoms. The summed E-state index contributed by atoms with van der Waals surface area (Å²) in [6.07, 6.45) is 9.65. The zero-order chi connectivity index (χ0) is 18.2. The molecule has 3 aliphatic rings. The van der Waals surface area contributed by atoms with Gasteiger partial charge in [0.25, 0.3) is 0 Å². The van der Waals surface area contributed by atoms with Crippen molar-refractivity contribution in [3.8, 4) is 0 Å². The molecule has 3 fully saturated rings. The van der Waals surface area contributed by atoms with Gasteiger partial charge >= 0.3 is 0 Å². The Morgan fingerprint density at radius 3 is 2.44 bits per heavy atom. The van der Waals surface area contributed by atoms with Crippen molar-refractivity contribution in [3.63, 3.8) is 0 Å². The average Bonchev–Trinajstić information content (AvgIpc) is 3.38. The van der Waals surface area contributed by atoms with Crippen molar-refractivity contribution >= 4 is 16.9 Å². The molecule has 0 bridgehead atoms. The fraction of sp³-hybridized carbons (Fsp3) is 0.714. The first-order chi connectivity index (χ1) is 13.3. The highest BCUT2D eigenvalue weighted by atomic mass is 15.3. The maximum Gasteiger partial charge on any atom is 0.156 e. The number of aromatic nitrogens is 3. The highest BCUT2D eigenvalue weighted by molar-refractivity contribution is 5.86. The summed E-state index contributed by atoms with van der Waals surface area (Å²) in [7, 11) is 2.23. The van der Waals surface area contributed by atoms with E-state index in [1.807, 2.05) is 6.20 Å². The first-order valence-electron chi connectivity index (χ1n) is 10.8.